The molecule has 24 heavy (non-hydrogen) atoms. The lowest BCUT2D eigenvalue weighted by atomic mass is 10.1. The van der Waals surface area contributed by atoms with Gasteiger partial charge in [-0.3, -0.25) is 4.98 Å². The lowest BCUT2D eigenvalue weighted by Gasteiger charge is -2.07. The number of aryl methyl sites for hydroxylation is 2. The van der Waals surface area contributed by atoms with Crippen molar-refractivity contribution in [1.29, 1.82) is 0 Å². The van der Waals surface area contributed by atoms with Crippen molar-refractivity contribution in [2.75, 3.05) is 0 Å². The van der Waals surface area contributed by atoms with Crippen LogP contribution < -0.4 is 4.74 Å². The van der Waals surface area contributed by atoms with Gasteiger partial charge in [0, 0.05) is 12.4 Å². The Morgan fingerprint density at radius 1 is 1.21 bits per heavy atom. The minimum absolute atomic E-state index is 0.268. The summed E-state index contributed by atoms with van der Waals surface area (Å²) in [4.78, 5) is 3.98. The first kappa shape index (κ1) is 16.1. The van der Waals surface area contributed by atoms with E-state index in [0.717, 1.165) is 22.4 Å². The van der Waals surface area contributed by atoms with Crippen molar-refractivity contribution in [3.05, 3.63) is 70.0 Å². The van der Waals surface area contributed by atoms with Gasteiger partial charge in [-0.05, 0) is 67.0 Å². The molecular weight excluding hydrogens is 322 g/mol. The molecule has 2 aromatic heterocycles. The second-order valence-corrected chi connectivity index (χ2v) is 5.78. The predicted molar refractivity (Wildman–Crippen MR) is 94.9 cm³/mol. The summed E-state index contributed by atoms with van der Waals surface area (Å²) in [6.07, 6.45) is 5.12. The van der Waals surface area contributed by atoms with Crippen LogP contribution in [0.4, 0.5) is 0 Å². The molecule has 3 rings (SSSR count). The van der Waals surface area contributed by atoms with Crippen molar-refractivity contribution in [3.63, 3.8) is 0 Å². The van der Waals surface area contributed by atoms with Crippen LogP contribution in [-0.2, 0) is 6.61 Å². The number of pyridine rings is 1. The van der Waals surface area contributed by atoms with Crippen LogP contribution in [0.5, 0.6) is 5.75 Å². The summed E-state index contributed by atoms with van der Waals surface area (Å²) in [5, 5.41) is 11.3. The lowest BCUT2D eigenvalue weighted by Crippen LogP contribution is -2.04. The van der Waals surface area contributed by atoms with E-state index in [2.05, 4.69) is 26.3 Å². The molecule has 0 aliphatic heterocycles. The predicted octanol–water partition coefficient (Wildman–Crippen LogP) is 3.41. The largest absolute Gasteiger partial charge is 0.486 e. The van der Waals surface area contributed by atoms with E-state index in [1.54, 1.807) is 23.3 Å². The number of nitrogens with zero attached hydrogens (tertiary/aromatic N) is 4. The Labute approximate surface area is 144 Å². The fourth-order valence-corrected chi connectivity index (χ4v) is 2.47. The first-order valence-corrected chi connectivity index (χ1v) is 7.84. The molecule has 1 aromatic carbocycles. The Hall–Kier alpha value is -2.80. The van der Waals surface area contributed by atoms with Crippen molar-refractivity contribution < 1.29 is 4.74 Å². The molecule has 0 aliphatic carbocycles. The van der Waals surface area contributed by atoms with Crippen LogP contribution in [0.1, 0.15) is 22.5 Å². The highest BCUT2D eigenvalue weighted by molar-refractivity contribution is 7.71. The number of hydrogen-bond donors (Lipinski definition) is 1. The smallest absolute Gasteiger partial charge is 0.216 e. The summed E-state index contributed by atoms with van der Waals surface area (Å²) in [6, 6.07) is 9.79. The molecule has 0 saturated heterocycles. The quantitative estimate of drug-likeness (QED) is 0.571. The van der Waals surface area contributed by atoms with Gasteiger partial charge in [0.1, 0.15) is 12.4 Å². The third kappa shape index (κ3) is 3.94. The number of aromatic amines is 1. The molecule has 1 N–H and O–H groups in total. The average Bonchev–Trinajstić information content (AvgIpc) is 2.91. The zero-order valence-corrected chi connectivity index (χ0v) is 14.2. The van der Waals surface area contributed by atoms with Crippen molar-refractivity contribution in [3.8, 4) is 5.75 Å². The lowest BCUT2D eigenvalue weighted by molar-refractivity contribution is 0.290. The third-order valence-electron chi connectivity index (χ3n) is 3.31. The summed E-state index contributed by atoms with van der Waals surface area (Å²) >= 11 is 5.22. The molecule has 122 valence electrons. The van der Waals surface area contributed by atoms with Gasteiger partial charge in [-0.25, -0.2) is 5.10 Å². The molecule has 0 spiro atoms. The number of aromatic nitrogens is 4. The molecule has 0 amide bonds. The second-order valence-electron chi connectivity index (χ2n) is 5.39. The first-order valence-electron chi connectivity index (χ1n) is 7.43. The highest BCUT2D eigenvalue weighted by Crippen LogP contribution is 2.17. The zero-order valence-electron chi connectivity index (χ0n) is 13.4. The molecule has 0 fully saturated rings. The van der Waals surface area contributed by atoms with Crippen LogP contribution in [0.25, 0.3) is 0 Å². The summed E-state index contributed by atoms with van der Waals surface area (Å²) in [6.45, 7) is 4.34. The molecule has 0 bridgehead atoms. The maximum Gasteiger partial charge on any atom is 0.216 e. The Bertz CT molecular complexity index is 894. The van der Waals surface area contributed by atoms with Crippen molar-refractivity contribution in [2.45, 2.75) is 20.5 Å². The number of H-pyrrole nitrogens is 1. The van der Waals surface area contributed by atoms with Crippen LogP contribution in [0.2, 0.25) is 0 Å². The minimum Gasteiger partial charge on any atom is -0.486 e. The summed E-state index contributed by atoms with van der Waals surface area (Å²) < 4.78 is 7.80. The van der Waals surface area contributed by atoms with Gasteiger partial charge < -0.3 is 4.74 Å². The number of rotatable bonds is 5. The number of benzene rings is 1. The van der Waals surface area contributed by atoms with E-state index in [0.29, 0.717) is 10.6 Å². The van der Waals surface area contributed by atoms with Gasteiger partial charge in [-0.15, -0.1) is 0 Å². The second kappa shape index (κ2) is 7.18. The van der Waals surface area contributed by atoms with Gasteiger partial charge in [0.15, 0.2) is 5.82 Å². The Balaban J connectivity index is 1.77. The van der Waals surface area contributed by atoms with E-state index < -0.39 is 0 Å². The van der Waals surface area contributed by atoms with Crippen LogP contribution in [0.3, 0.4) is 0 Å². The van der Waals surface area contributed by atoms with Gasteiger partial charge in [-0.2, -0.15) is 14.9 Å². The van der Waals surface area contributed by atoms with Crippen LogP contribution >= 0.6 is 12.2 Å². The SMILES string of the molecule is Cc1cc(C)cc(OCc2n[nH]c(=S)n2/N=C\c2ccncc2)c1. The van der Waals surface area contributed by atoms with Gasteiger partial charge in [0.2, 0.25) is 4.77 Å². The fraction of sp³-hybridized carbons (Fsp3) is 0.176. The Morgan fingerprint density at radius 2 is 1.92 bits per heavy atom. The van der Waals surface area contributed by atoms with E-state index in [9.17, 15) is 0 Å². The fourth-order valence-electron chi connectivity index (χ4n) is 2.27. The summed E-state index contributed by atoms with van der Waals surface area (Å²) in [5.74, 6) is 1.40. The molecule has 2 heterocycles. The Kier molecular flexibility index (Phi) is 4.81. The highest BCUT2D eigenvalue weighted by atomic mass is 32.1. The van der Waals surface area contributed by atoms with Gasteiger partial charge in [0.25, 0.3) is 0 Å². The molecule has 0 aliphatic rings. The summed E-state index contributed by atoms with van der Waals surface area (Å²) in [7, 11) is 0. The van der Waals surface area contributed by atoms with Crippen LogP contribution in [-0.4, -0.2) is 26.1 Å². The Morgan fingerprint density at radius 3 is 2.62 bits per heavy atom. The minimum atomic E-state index is 0.268. The maximum atomic E-state index is 5.83. The van der Waals surface area contributed by atoms with E-state index in [1.807, 2.05) is 38.1 Å². The van der Waals surface area contributed by atoms with Crippen LogP contribution in [0.15, 0.2) is 47.8 Å². The molecule has 7 heteroatoms. The molecule has 3 aromatic rings. The van der Waals surface area contributed by atoms with E-state index in [1.165, 1.54) is 0 Å². The van der Waals surface area contributed by atoms with Crippen molar-refractivity contribution in [2.24, 2.45) is 5.10 Å². The van der Waals surface area contributed by atoms with Gasteiger partial charge in [-0.1, -0.05) is 6.07 Å². The van der Waals surface area contributed by atoms with Gasteiger partial charge in [0.05, 0.1) is 6.21 Å². The monoisotopic (exact) mass is 339 g/mol. The van der Waals surface area contributed by atoms with E-state index in [-0.39, 0.29) is 6.61 Å². The van der Waals surface area contributed by atoms with Gasteiger partial charge >= 0.3 is 0 Å². The molecule has 0 saturated carbocycles. The normalized spacial score (nSPS) is 11.1. The topological polar surface area (TPSA) is 68.1 Å². The third-order valence-corrected chi connectivity index (χ3v) is 3.57. The van der Waals surface area contributed by atoms with E-state index in [4.69, 9.17) is 17.0 Å². The first-order chi connectivity index (χ1) is 11.6. The molecular formula is C17H17N5OS. The number of nitrogens with one attached hydrogen (secondary N) is 1. The van der Waals surface area contributed by atoms with Crippen molar-refractivity contribution >= 4 is 18.4 Å². The highest BCUT2D eigenvalue weighted by Gasteiger charge is 2.06. The molecule has 6 nitrogen and oxygen atoms in total. The number of hydrogen-bond acceptors (Lipinski definition) is 5. The summed E-state index contributed by atoms with van der Waals surface area (Å²) in [5.41, 5.74) is 3.23. The van der Waals surface area contributed by atoms with Crippen molar-refractivity contribution in [1.82, 2.24) is 19.9 Å². The molecule has 0 atom stereocenters. The van der Waals surface area contributed by atoms with Crippen LogP contribution in [0, 0.1) is 18.6 Å². The van der Waals surface area contributed by atoms with E-state index >= 15 is 0 Å². The average molecular weight is 339 g/mol. The standard InChI is InChI=1S/C17H17N5OS/c1-12-7-13(2)9-15(8-12)23-11-16-20-21-17(24)22(16)19-10-14-3-5-18-6-4-14/h3-10H,11H2,1-2H3,(H,21,24)/b19-10-. The maximum absolute atomic E-state index is 5.83. The number of ether oxygens (including phenoxy) is 1. The molecule has 0 radical (unpaired) electrons. The molecule has 0 unspecified atom stereocenters. The zero-order chi connectivity index (χ0) is 16.9.